The predicted molar refractivity (Wildman–Crippen MR) is 75.9 cm³/mol. The zero-order chi connectivity index (χ0) is 13.5. The fourth-order valence-electron chi connectivity index (χ4n) is 2.38. The van der Waals surface area contributed by atoms with Gasteiger partial charge in [-0.2, -0.15) is 9.61 Å². The van der Waals surface area contributed by atoms with Crippen LogP contribution in [0, 0.1) is 0 Å². The summed E-state index contributed by atoms with van der Waals surface area (Å²) >= 11 is 0. The Labute approximate surface area is 113 Å². The first kappa shape index (κ1) is 10.9. The maximum absolute atomic E-state index is 5.89. The van der Waals surface area contributed by atoms with Crippen LogP contribution in [-0.2, 0) is 0 Å². The summed E-state index contributed by atoms with van der Waals surface area (Å²) in [6.07, 6.45) is 5.04. The number of nitrogen functional groups attached to an aromatic ring is 1. The fourth-order valence-corrected chi connectivity index (χ4v) is 2.38. The van der Waals surface area contributed by atoms with E-state index in [9.17, 15) is 0 Å². The Hall–Kier alpha value is -3.02. The van der Waals surface area contributed by atoms with Gasteiger partial charge >= 0.3 is 0 Å². The highest BCUT2D eigenvalue weighted by molar-refractivity contribution is 6.03. The van der Waals surface area contributed by atoms with E-state index in [2.05, 4.69) is 20.1 Å². The summed E-state index contributed by atoms with van der Waals surface area (Å²) in [5.74, 6) is 0.327. The van der Waals surface area contributed by atoms with Crippen LogP contribution in [-0.4, -0.2) is 24.6 Å². The van der Waals surface area contributed by atoms with Gasteiger partial charge in [0.25, 0.3) is 0 Å². The normalized spacial score (nSPS) is 11.2. The van der Waals surface area contributed by atoms with Crippen LogP contribution in [0.25, 0.3) is 27.7 Å². The third kappa shape index (κ3) is 1.45. The van der Waals surface area contributed by atoms with E-state index in [1.807, 2.05) is 36.5 Å². The lowest BCUT2D eigenvalue weighted by Gasteiger charge is -2.08. The number of nitrogens with zero attached hydrogens (tertiary/aromatic N) is 5. The van der Waals surface area contributed by atoms with Crippen molar-refractivity contribution in [1.82, 2.24) is 24.6 Å². The van der Waals surface area contributed by atoms with E-state index in [4.69, 9.17) is 5.73 Å². The Morgan fingerprint density at radius 1 is 1.10 bits per heavy atom. The maximum Gasteiger partial charge on any atom is 0.223 e. The highest BCUT2D eigenvalue weighted by Crippen LogP contribution is 2.30. The number of hydrogen-bond acceptors (Lipinski definition) is 5. The number of anilines is 1. The number of aromatic nitrogens is 5. The molecule has 0 saturated heterocycles. The van der Waals surface area contributed by atoms with E-state index in [0.717, 1.165) is 22.0 Å². The summed E-state index contributed by atoms with van der Waals surface area (Å²) < 4.78 is 1.54. The average molecular weight is 262 g/mol. The lowest BCUT2D eigenvalue weighted by Crippen LogP contribution is -2.03. The second-order valence-electron chi connectivity index (χ2n) is 4.41. The zero-order valence-electron chi connectivity index (χ0n) is 10.4. The van der Waals surface area contributed by atoms with Gasteiger partial charge in [0.2, 0.25) is 5.95 Å². The minimum Gasteiger partial charge on any atom is -0.368 e. The molecule has 96 valence electrons. The molecule has 3 aromatic heterocycles. The van der Waals surface area contributed by atoms with Crippen LogP contribution in [0.3, 0.4) is 0 Å². The van der Waals surface area contributed by atoms with Crippen molar-refractivity contribution < 1.29 is 0 Å². The van der Waals surface area contributed by atoms with Crippen molar-refractivity contribution >= 4 is 22.5 Å². The highest BCUT2D eigenvalue weighted by Gasteiger charge is 2.12. The molecule has 0 spiro atoms. The highest BCUT2D eigenvalue weighted by atomic mass is 15.3. The van der Waals surface area contributed by atoms with Crippen LogP contribution >= 0.6 is 0 Å². The van der Waals surface area contributed by atoms with Crippen LogP contribution in [0.4, 0.5) is 5.95 Å². The van der Waals surface area contributed by atoms with Crippen molar-refractivity contribution in [2.75, 3.05) is 5.73 Å². The first-order chi connectivity index (χ1) is 9.84. The molecule has 1 aromatic carbocycles. The predicted octanol–water partition coefficient (Wildman–Crippen LogP) is 1.92. The molecular weight excluding hydrogens is 252 g/mol. The summed E-state index contributed by atoms with van der Waals surface area (Å²) in [5.41, 5.74) is 9.41. The van der Waals surface area contributed by atoms with Gasteiger partial charge in [-0.05, 0) is 17.7 Å². The Morgan fingerprint density at radius 3 is 2.90 bits per heavy atom. The van der Waals surface area contributed by atoms with Crippen molar-refractivity contribution in [1.29, 1.82) is 0 Å². The molecular formula is C14H10N6. The van der Waals surface area contributed by atoms with Gasteiger partial charge in [0.15, 0.2) is 5.65 Å². The van der Waals surface area contributed by atoms with Crippen LogP contribution in [0.1, 0.15) is 0 Å². The van der Waals surface area contributed by atoms with E-state index in [1.54, 1.807) is 10.7 Å². The van der Waals surface area contributed by atoms with Gasteiger partial charge in [0, 0.05) is 18.0 Å². The van der Waals surface area contributed by atoms with Crippen LogP contribution in [0.2, 0.25) is 0 Å². The molecule has 0 fully saturated rings. The smallest absolute Gasteiger partial charge is 0.223 e. The van der Waals surface area contributed by atoms with Crippen LogP contribution < -0.4 is 5.73 Å². The molecule has 4 aromatic rings. The number of hydrogen-bond donors (Lipinski definition) is 1. The third-order valence-corrected chi connectivity index (χ3v) is 3.24. The molecule has 0 amide bonds. The third-order valence-electron chi connectivity index (χ3n) is 3.24. The molecule has 0 atom stereocenters. The fraction of sp³-hybridized carbons (Fsp3) is 0. The minimum absolute atomic E-state index is 0.327. The van der Waals surface area contributed by atoms with E-state index >= 15 is 0 Å². The monoisotopic (exact) mass is 262 g/mol. The lowest BCUT2D eigenvalue weighted by molar-refractivity contribution is 0.951. The molecule has 0 aliphatic rings. The number of benzene rings is 1. The van der Waals surface area contributed by atoms with Crippen molar-refractivity contribution in [3.63, 3.8) is 0 Å². The van der Waals surface area contributed by atoms with Gasteiger partial charge in [0.1, 0.15) is 6.33 Å². The number of rotatable bonds is 1. The van der Waals surface area contributed by atoms with Gasteiger partial charge < -0.3 is 5.73 Å². The number of nitrogens with two attached hydrogens (primary N) is 1. The van der Waals surface area contributed by atoms with Crippen molar-refractivity contribution in [2.45, 2.75) is 0 Å². The molecule has 20 heavy (non-hydrogen) atoms. The SMILES string of the molecule is Nc1nc2cccc(-c3cccnc3)c2c2ncnn12. The molecule has 4 rings (SSSR count). The molecule has 0 bridgehead atoms. The van der Waals surface area contributed by atoms with Gasteiger partial charge in [0.05, 0.1) is 10.9 Å². The van der Waals surface area contributed by atoms with Gasteiger partial charge in [-0.15, -0.1) is 0 Å². The van der Waals surface area contributed by atoms with E-state index < -0.39 is 0 Å². The molecule has 0 aliphatic heterocycles. The Balaban J connectivity index is 2.20. The Bertz CT molecular complexity index is 913. The zero-order valence-corrected chi connectivity index (χ0v) is 10.4. The van der Waals surface area contributed by atoms with Crippen molar-refractivity contribution in [3.8, 4) is 11.1 Å². The quantitative estimate of drug-likeness (QED) is 0.566. The number of fused-ring (bicyclic) bond motifs is 3. The summed E-state index contributed by atoms with van der Waals surface area (Å²) in [5, 5.41) is 5.03. The second kappa shape index (κ2) is 3.99. The second-order valence-corrected chi connectivity index (χ2v) is 4.41. The molecule has 6 nitrogen and oxygen atoms in total. The van der Waals surface area contributed by atoms with Gasteiger partial charge in [-0.25, -0.2) is 9.97 Å². The maximum atomic E-state index is 5.89. The first-order valence-electron chi connectivity index (χ1n) is 6.13. The minimum atomic E-state index is 0.327. The van der Waals surface area contributed by atoms with Crippen LogP contribution in [0.5, 0.6) is 0 Å². The summed E-state index contributed by atoms with van der Waals surface area (Å²) in [6.45, 7) is 0. The topological polar surface area (TPSA) is 82.0 Å². The van der Waals surface area contributed by atoms with E-state index in [0.29, 0.717) is 11.6 Å². The van der Waals surface area contributed by atoms with Crippen molar-refractivity contribution in [3.05, 3.63) is 49.1 Å². The van der Waals surface area contributed by atoms with Gasteiger partial charge in [-0.1, -0.05) is 18.2 Å². The standard InChI is InChI=1S/C14H10N6/c15-14-19-11-5-1-4-10(9-3-2-6-16-7-9)12(11)13-17-8-18-20(13)14/h1-8H,(H2,15,19). The molecule has 0 radical (unpaired) electrons. The molecule has 0 aliphatic carbocycles. The summed E-state index contributed by atoms with van der Waals surface area (Å²) in [6, 6.07) is 9.79. The van der Waals surface area contributed by atoms with Crippen molar-refractivity contribution in [2.24, 2.45) is 0 Å². The summed E-state index contributed by atoms with van der Waals surface area (Å²) in [4.78, 5) is 12.9. The van der Waals surface area contributed by atoms with Crippen LogP contribution in [0.15, 0.2) is 49.1 Å². The molecule has 6 heteroatoms. The largest absolute Gasteiger partial charge is 0.368 e. The molecule has 0 saturated carbocycles. The van der Waals surface area contributed by atoms with E-state index in [1.165, 1.54) is 6.33 Å². The molecule has 3 heterocycles. The molecule has 2 N–H and O–H groups in total. The lowest BCUT2D eigenvalue weighted by atomic mass is 10.0. The van der Waals surface area contributed by atoms with Gasteiger partial charge in [-0.3, -0.25) is 4.98 Å². The first-order valence-corrected chi connectivity index (χ1v) is 6.13. The average Bonchev–Trinajstić information content (AvgIpc) is 2.98. The number of pyridine rings is 1. The Morgan fingerprint density at radius 2 is 2.05 bits per heavy atom. The summed E-state index contributed by atoms with van der Waals surface area (Å²) in [7, 11) is 0. The van der Waals surface area contributed by atoms with E-state index in [-0.39, 0.29) is 0 Å². The Kier molecular flexibility index (Phi) is 2.17. The molecule has 0 unspecified atom stereocenters.